The van der Waals surface area contributed by atoms with Crippen LogP contribution in [0, 0.1) is 0 Å². The molecule has 2 aromatic rings. The van der Waals surface area contributed by atoms with Crippen LogP contribution in [-0.2, 0) is 0 Å². The molecule has 2 rings (SSSR count). The molecule has 0 heterocycles. The number of nitrogens with two attached hydrogens (primary N) is 1. The van der Waals surface area contributed by atoms with E-state index in [1.807, 2.05) is 24.3 Å². The average molecular weight is 269 g/mol. The molecule has 0 atom stereocenters. The minimum absolute atomic E-state index is 0.831. The average Bonchev–Trinajstić information content (AvgIpc) is 2.49. The molecule has 0 bridgehead atoms. The summed E-state index contributed by atoms with van der Waals surface area (Å²) in [6.45, 7) is 5.11. The van der Waals surface area contributed by atoms with Crippen molar-refractivity contribution in [2.45, 2.75) is 6.92 Å². The molecule has 2 aromatic carbocycles. The van der Waals surface area contributed by atoms with Crippen LogP contribution in [-0.4, -0.2) is 26.7 Å². The van der Waals surface area contributed by atoms with Gasteiger partial charge in [0, 0.05) is 32.4 Å². The van der Waals surface area contributed by atoms with E-state index in [1.54, 1.807) is 0 Å². The van der Waals surface area contributed by atoms with Gasteiger partial charge in [0.15, 0.2) is 0 Å². The van der Waals surface area contributed by atoms with Crippen molar-refractivity contribution in [2.75, 3.05) is 42.2 Å². The van der Waals surface area contributed by atoms with Crippen LogP contribution in [0.3, 0.4) is 0 Å². The summed E-state index contributed by atoms with van der Waals surface area (Å²) >= 11 is 0. The van der Waals surface area contributed by atoms with Gasteiger partial charge in [0.25, 0.3) is 0 Å². The molecule has 0 aliphatic heterocycles. The number of benzene rings is 2. The third kappa shape index (κ3) is 3.44. The molecular formula is C17H23N3. The third-order valence-electron chi connectivity index (χ3n) is 3.56. The molecule has 20 heavy (non-hydrogen) atoms. The van der Waals surface area contributed by atoms with Crippen molar-refractivity contribution in [1.29, 1.82) is 0 Å². The molecule has 0 unspecified atom stereocenters. The van der Waals surface area contributed by atoms with E-state index in [-0.39, 0.29) is 0 Å². The van der Waals surface area contributed by atoms with E-state index in [4.69, 9.17) is 5.73 Å². The summed E-state index contributed by atoms with van der Waals surface area (Å²) in [7, 11) is 2.09. The smallest absolute Gasteiger partial charge is 0.0597 e. The summed E-state index contributed by atoms with van der Waals surface area (Å²) in [4.78, 5) is 4.58. The molecule has 3 nitrogen and oxygen atoms in total. The predicted molar refractivity (Wildman–Crippen MR) is 88.5 cm³/mol. The van der Waals surface area contributed by atoms with Gasteiger partial charge >= 0.3 is 0 Å². The summed E-state index contributed by atoms with van der Waals surface area (Å²) in [5, 5.41) is 0. The lowest BCUT2D eigenvalue weighted by Crippen LogP contribution is -2.33. The second-order valence-corrected chi connectivity index (χ2v) is 4.90. The lowest BCUT2D eigenvalue weighted by molar-refractivity contribution is 0.786. The molecule has 0 radical (unpaired) electrons. The highest BCUT2D eigenvalue weighted by Gasteiger charge is 2.07. The van der Waals surface area contributed by atoms with Crippen LogP contribution in [0.15, 0.2) is 54.6 Å². The maximum Gasteiger partial charge on any atom is 0.0597 e. The second-order valence-electron chi connectivity index (χ2n) is 4.90. The Hall–Kier alpha value is -2.16. The lowest BCUT2D eigenvalue weighted by atomic mass is 10.2. The Bertz CT molecular complexity index is 525. The highest BCUT2D eigenvalue weighted by molar-refractivity contribution is 5.67. The SMILES string of the molecule is CCN(CCN(C)c1ccccc1N)c1ccccc1. The normalized spacial score (nSPS) is 10.3. The van der Waals surface area contributed by atoms with Crippen LogP contribution in [0.25, 0.3) is 0 Å². The van der Waals surface area contributed by atoms with Gasteiger partial charge in [-0.1, -0.05) is 30.3 Å². The molecule has 0 fully saturated rings. The number of rotatable bonds is 6. The first kappa shape index (κ1) is 14.3. The van der Waals surface area contributed by atoms with Crippen molar-refractivity contribution in [3.8, 4) is 0 Å². The maximum atomic E-state index is 6.02. The number of hydrogen-bond acceptors (Lipinski definition) is 3. The fourth-order valence-corrected chi connectivity index (χ4v) is 2.33. The van der Waals surface area contributed by atoms with Crippen molar-refractivity contribution in [3.05, 3.63) is 54.6 Å². The molecule has 0 saturated carbocycles. The van der Waals surface area contributed by atoms with E-state index in [9.17, 15) is 0 Å². The number of para-hydroxylation sites is 3. The topological polar surface area (TPSA) is 32.5 Å². The van der Waals surface area contributed by atoms with Crippen LogP contribution in [0.4, 0.5) is 17.1 Å². The van der Waals surface area contributed by atoms with Crippen LogP contribution in [0.5, 0.6) is 0 Å². The van der Waals surface area contributed by atoms with Crippen LogP contribution < -0.4 is 15.5 Å². The number of nitrogens with zero attached hydrogens (tertiary/aromatic N) is 2. The molecule has 0 spiro atoms. The zero-order valence-corrected chi connectivity index (χ0v) is 12.3. The highest BCUT2D eigenvalue weighted by Crippen LogP contribution is 2.21. The Morgan fingerprint density at radius 3 is 2.20 bits per heavy atom. The van der Waals surface area contributed by atoms with E-state index >= 15 is 0 Å². The van der Waals surface area contributed by atoms with Gasteiger partial charge in [0.1, 0.15) is 0 Å². The Morgan fingerprint density at radius 1 is 0.900 bits per heavy atom. The van der Waals surface area contributed by atoms with E-state index in [2.05, 4.69) is 54.1 Å². The molecule has 0 aromatic heterocycles. The monoisotopic (exact) mass is 269 g/mol. The van der Waals surface area contributed by atoms with E-state index in [0.717, 1.165) is 31.0 Å². The quantitative estimate of drug-likeness (QED) is 0.817. The largest absolute Gasteiger partial charge is 0.397 e. The first-order valence-electron chi connectivity index (χ1n) is 7.08. The Balaban J connectivity index is 1.99. The van der Waals surface area contributed by atoms with Gasteiger partial charge in [-0.15, -0.1) is 0 Å². The zero-order chi connectivity index (χ0) is 14.4. The zero-order valence-electron chi connectivity index (χ0n) is 12.3. The molecule has 0 aliphatic carbocycles. The fraction of sp³-hybridized carbons (Fsp3) is 0.294. The molecular weight excluding hydrogens is 246 g/mol. The Morgan fingerprint density at radius 2 is 1.55 bits per heavy atom. The minimum atomic E-state index is 0.831. The van der Waals surface area contributed by atoms with Gasteiger partial charge in [0.2, 0.25) is 0 Å². The number of hydrogen-bond donors (Lipinski definition) is 1. The Labute approximate surface area is 121 Å². The van der Waals surface area contributed by atoms with Gasteiger partial charge < -0.3 is 15.5 Å². The number of anilines is 3. The predicted octanol–water partition coefficient (Wildman–Crippen LogP) is 3.23. The molecule has 2 N–H and O–H groups in total. The van der Waals surface area contributed by atoms with Crippen molar-refractivity contribution in [3.63, 3.8) is 0 Å². The van der Waals surface area contributed by atoms with Crippen LogP contribution >= 0.6 is 0 Å². The minimum Gasteiger partial charge on any atom is -0.397 e. The Kier molecular flexibility index (Phi) is 4.88. The second kappa shape index (κ2) is 6.85. The summed E-state index contributed by atoms with van der Waals surface area (Å²) < 4.78 is 0. The molecule has 0 aliphatic rings. The summed E-state index contributed by atoms with van der Waals surface area (Å²) in [5.74, 6) is 0. The highest BCUT2D eigenvalue weighted by atomic mass is 15.2. The van der Waals surface area contributed by atoms with Crippen molar-refractivity contribution < 1.29 is 0 Å². The van der Waals surface area contributed by atoms with Crippen LogP contribution in [0.1, 0.15) is 6.92 Å². The summed E-state index contributed by atoms with van der Waals surface area (Å²) in [6, 6.07) is 18.5. The van der Waals surface area contributed by atoms with Gasteiger partial charge in [-0.3, -0.25) is 0 Å². The van der Waals surface area contributed by atoms with Gasteiger partial charge in [-0.25, -0.2) is 0 Å². The summed E-state index contributed by atoms with van der Waals surface area (Å²) in [6.07, 6.45) is 0. The maximum absolute atomic E-state index is 6.02. The van der Waals surface area contributed by atoms with Crippen molar-refractivity contribution in [1.82, 2.24) is 0 Å². The third-order valence-corrected chi connectivity index (χ3v) is 3.56. The van der Waals surface area contributed by atoms with Gasteiger partial charge in [-0.05, 0) is 31.2 Å². The number of nitrogen functional groups attached to an aromatic ring is 1. The van der Waals surface area contributed by atoms with E-state index in [0.29, 0.717) is 0 Å². The first-order valence-corrected chi connectivity index (χ1v) is 7.08. The van der Waals surface area contributed by atoms with Gasteiger partial charge in [0.05, 0.1) is 11.4 Å². The van der Waals surface area contributed by atoms with Gasteiger partial charge in [-0.2, -0.15) is 0 Å². The number of likely N-dealkylation sites (N-methyl/N-ethyl adjacent to an activating group) is 2. The first-order chi connectivity index (χ1) is 9.72. The standard InChI is InChI=1S/C17H23N3/c1-3-20(15-9-5-4-6-10-15)14-13-19(2)17-12-8-7-11-16(17)18/h4-12H,3,13-14,18H2,1-2H3. The van der Waals surface area contributed by atoms with Crippen molar-refractivity contribution >= 4 is 17.1 Å². The fourth-order valence-electron chi connectivity index (χ4n) is 2.33. The van der Waals surface area contributed by atoms with E-state index < -0.39 is 0 Å². The van der Waals surface area contributed by atoms with Crippen molar-refractivity contribution in [2.24, 2.45) is 0 Å². The molecule has 106 valence electrons. The van der Waals surface area contributed by atoms with E-state index in [1.165, 1.54) is 5.69 Å². The lowest BCUT2D eigenvalue weighted by Gasteiger charge is -2.28. The molecule has 3 heteroatoms. The summed E-state index contributed by atoms with van der Waals surface area (Å²) in [5.41, 5.74) is 9.21. The molecule has 0 saturated heterocycles. The molecule has 0 amide bonds. The van der Waals surface area contributed by atoms with Crippen LogP contribution in [0.2, 0.25) is 0 Å².